The van der Waals surface area contributed by atoms with E-state index in [-0.39, 0.29) is 42.4 Å². The minimum Gasteiger partial charge on any atom is -0.383 e. The van der Waals surface area contributed by atoms with Crippen molar-refractivity contribution in [3.8, 4) is 12.1 Å². The molecule has 2 unspecified atom stereocenters. The number of nitrogens with zero attached hydrogens (tertiary/aromatic N) is 3. The van der Waals surface area contributed by atoms with Crippen molar-refractivity contribution < 1.29 is 32.3 Å². The molecule has 0 spiro atoms. The molecule has 40 heavy (non-hydrogen) atoms. The van der Waals surface area contributed by atoms with Gasteiger partial charge in [0.25, 0.3) is 0 Å². The van der Waals surface area contributed by atoms with E-state index in [0.29, 0.717) is 17.7 Å². The van der Waals surface area contributed by atoms with Crippen LogP contribution in [0.15, 0.2) is 59.8 Å². The zero-order chi connectivity index (χ0) is 29.4. The van der Waals surface area contributed by atoms with Gasteiger partial charge in [0.2, 0.25) is 17.7 Å². The number of ether oxygens (including phenoxy) is 1. The smallest absolute Gasteiger partial charge is 0.383 e. The molecular formula is C28H26F3N5O4. The van der Waals surface area contributed by atoms with Crippen LogP contribution in [0.3, 0.4) is 0 Å². The van der Waals surface area contributed by atoms with Gasteiger partial charge >= 0.3 is 6.18 Å². The van der Waals surface area contributed by atoms with Gasteiger partial charge in [-0.25, -0.2) is 0 Å². The number of hydrogen-bond donors (Lipinski definition) is 2. The molecule has 9 nitrogen and oxygen atoms in total. The molecule has 0 bridgehead atoms. The predicted molar refractivity (Wildman–Crippen MR) is 137 cm³/mol. The molecule has 1 heterocycles. The van der Waals surface area contributed by atoms with Gasteiger partial charge in [0.05, 0.1) is 35.4 Å². The third-order valence-corrected chi connectivity index (χ3v) is 6.37. The van der Waals surface area contributed by atoms with E-state index in [0.717, 1.165) is 23.1 Å². The van der Waals surface area contributed by atoms with Crippen LogP contribution in [0.2, 0.25) is 0 Å². The summed E-state index contributed by atoms with van der Waals surface area (Å²) in [6.07, 6.45) is -4.79. The summed E-state index contributed by atoms with van der Waals surface area (Å²) in [5.74, 6) is -4.64. The van der Waals surface area contributed by atoms with Crippen molar-refractivity contribution in [3.63, 3.8) is 0 Å². The molecule has 3 rings (SSSR count). The van der Waals surface area contributed by atoms with E-state index in [2.05, 4.69) is 10.6 Å². The second-order valence-electron chi connectivity index (χ2n) is 8.91. The number of allylic oxidation sites excluding steroid dienone is 2. The summed E-state index contributed by atoms with van der Waals surface area (Å²) in [5.41, 5.74) is -0.375. The Bertz CT molecular complexity index is 1390. The predicted octanol–water partition coefficient (Wildman–Crippen LogP) is 3.39. The first-order valence-electron chi connectivity index (χ1n) is 12.2. The third-order valence-electron chi connectivity index (χ3n) is 6.37. The van der Waals surface area contributed by atoms with E-state index in [4.69, 9.17) is 10.00 Å². The number of nitrogens with one attached hydrogen (secondary N) is 2. The highest BCUT2D eigenvalue weighted by Gasteiger charge is 2.46. The van der Waals surface area contributed by atoms with Crippen LogP contribution in [0.4, 0.5) is 18.9 Å². The number of carbonyl (C=O) groups excluding carboxylic acids is 3. The Labute approximate surface area is 228 Å². The van der Waals surface area contributed by atoms with E-state index >= 15 is 0 Å². The Morgan fingerprint density at radius 2 is 1.75 bits per heavy atom. The molecule has 2 atom stereocenters. The molecule has 2 N–H and O–H groups in total. The van der Waals surface area contributed by atoms with Gasteiger partial charge in [-0.05, 0) is 42.8 Å². The fourth-order valence-corrected chi connectivity index (χ4v) is 4.43. The Balaban J connectivity index is 2.03. The fourth-order valence-electron chi connectivity index (χ4n) is 4.43. The van der Waals surface area contributed by atoms with Crippen LogP contribution in [0.25, 0.3) is 0 Å². The summed E-state index contributed by atoms with van der Waals surface area (Å²) in [5, 5.41) is 24.4. The lowest BCUT2D eigenvalue weighted by Gasteiger charge is -2.38. The Morgan fingerprint density at radius 3 is 2.35 bits per heavy atom. The standard InChI is InChI=1S/C28H26F3N5O4/c1-17-22(16-33)24(19-8-6-18(15-32)7-9-19)25(26(38)35-11-10-23(37)34-12-13-40-2)27(39)36(17)21-5-3-4-20(14-21)28(29,30)31/h3-9,14,24-25H,10-13H2,1-2H3,(H,34,37)(H,35,38). The lowest BCUT2D eigenvalue weighted by atomic mass is 9.75. The number of rotatable bonds is 9. The topological polar surface area (TPSA) is 135 Å². The number of methoxy groups -OCH3 is 1. The van der Waals surface area contributed by atoms with Crippen LogP contribution in [0.1, 0.15) is 36.0 Å². The van der Waals surface area contributed by atoms with Crippen molar-refractivity contribution >= 4 is 23.4 Å². The Morgan fingerprint density at radius 1 is 1.05 bits per heavy atom. The highest BCUT2D eigenvalue weighted by atomic mass is 19.4. The number of alkyl halides is 3. The molecule has 12 heteroatoms. The normalized spacial score (nSPS) is 17.2. The molecule has 0 aliphatic carbocycles. The molecule has 0 radical (unpaired) electrons. The van der Waals surface area contributed by atoms with E-state index in [1.165, 1.54) is 44.4 Å². The SMILES string of the molecule is COCCNC(=O)CCNC(=O)C1C(=O)N(c2cccc(C(F)(F)F)c2)C(C)=C(C#N)C1c1ccc(C#N)cc1. The first-order valence-corrected chi connectivity index (χ1v) is 12.2. The van der Waals surface area contributed by atoms with Gasteiger partial charge in [-0.15, -0.1) is 0 Å². The highest BCUT2D eigenvalue weighted by Crippen LogP contribution is 2.43. The number of benzene rings is 2. The molecule has 0 saturated heterocycles. The summed E-state index contributed by atoms with van der Waals surface area (Å²) in [4.78, 5) is 40.3. The van der Waals surface area contributed by atoms with Crippen LogP contribution < -0.4 is 15.5 Å². The molecule has 1 aliphatic heterocycles. The average Bonchev–Trinajstić information content (AvgIpc) is 2.92. The van der Waals surface area contributed by atoms with Crippen LogP contribution in [-0.4, -0.2) is 44.5 Å². The molecule has 2 aromatic rings. The van der Waals surface area contributed by atoms with Crippen LogP contribution in [-0.2, 0) is 25.3 Å². The van der Waals surface area contributed by atoms with Crippen LogP contribution in [0, 0.1) is 28.6 Å². The molecule has 0 saturated carbocycles. The summed E-state index contributed by atoms with van der Waals surface area (Å²) in [6, 6.07) is 14.0. The van der Waals surface area contributed by atoms with Crippen molar-refractivity contribution in [2.75, 3.05) is 31.7 Å². The summed E-state index contributed by atoms with van der Waals surface area (Å²) < 4.78 is 45.1. The maximum absolute atomic E-state index is 13.9. The minimum absolute atomic E-state index is 0.000761. The lowest BCUT2D eigenvalue weighted by molar-refractivity contribution is -0.138. The van der Waals surface area contributed by atoms with Crippen LogP contribution in [0.5, 0.6) is 0 Å². The Kier molecular flexibility index (Phi) is 9.64. The minimum atomic E-state index is -4.68. The molecule has 1 aliphatic rings. The van der Waals surface area contributed by atoms with Crippen molar-refractivity contribution in [3.05, 3.63) is 76.5 Å². The third kappa shape index (κ3) is 6.65. The molecule has 2 aromatic carbocycles. The number of carbonyl (C=O) groups is 3. The largest absolute Gasteiger partial charge is 0.416 e. The van der Waals surface area contributed by atoms with Gasteiger partial charge in [-0.1, -0.05) is 18.2 Å². The first-order chi connectivity index (χ1) is 19.0. The zero-order valence-corrected chi connectivity index (χ0v) is 21.7. The number of nitriles is 2. The van der Waals surface area contributed by atoms with Gasteiger partial charge in [0, 0.05) is 43.9 Å². The van der Waals surface area contributed by atoms with Crippen molar-refractivity contribution in [2.45, 2.75) is 25.4 Å². The molecule has 0 fully saturated rings. The number of halogens is 3. The number of anilines is 1. The monoisotopic (exact) mass is 553 g/mol. The number of amides is 3. The van der Waals surface area contributed by atoms with Crippen molar-refractivity contribution in [2.24, 2.45) is 5.92 Å². The second-order valence-corrected chi connectivity index (χ2v) is 8.91. The van der Waals surface area contributed by atoms with Gasteiger partial charge in [-0.2, -0.15) is 23.7 Å². The molecule has 3 amide bonds. The summed E-state index contributed by atoms with van der Waals surface area (Å²) in [7, 11) is 1.48. The summed E-state index contributed by atoms with van der Waals surface area (Å²) in [6.45, 7) is 1.86. The second kappa shape index (κ2) is 12.9. The maximum atomic E-state index is 13.9. The zero-order valence-electron chi connectivity index (χ0n) is 21.7. The average molecular weight is 554 g/mol. The molecular weight excluding hydrogens is 527 g/mol. The lowest BCUT2D eigenvalue weighted by Crippen LogP contribution is -2.50. The van der Waals surface area contributed by atoms with Crippen molar-refractivity contribution in [1.82, 2.24) is 10.6 Å². The van der Waals surface area contributed by atoms with E-state index < -0.39 is 35.4 Å². The van der Waals surface area contributed by atoms with Gasteiger partial charge < -0.3 is 15.4 Å². The van der Waals surface area contributed by atoms with E-state index in [1.54, 1.807) is 0 Å². The van der Waals surface area contributed by atoms with Gasteiger partial charge in [-0.3, -0.25) is 19.3 Å². The fraction of sp³-hybridized carbons (Fsp3) is 0.321. The summed E-state index contributed by atoms with van der Waals surface area (Å²) >= 11 is 0. The van der Waals surface area contributed by atoms with E-state index in [9.17, 15) is 32.8 Å². The quantitative estimate of drug-likeness (QED) is 0.361. The first kappa shape index (κ1) is 29.9. The molecule has 208 valence electrons. The van der Waals surface area contributed by atoms with Gasteiger partial charge in [0.15, 0.2) is 0 Å². The Hall–Kier alpha value is -4.68. The highest BCUT2D eigenvalue weighted by molar-refractivity contribution is 6.12. The van der Waals surface area contributed by atoms with E-state index in [1.807, 2.05) is 12.1 Å². The van der Waals surface area contributed by atoms with Crippen molar-refractivity contribution in [1.29, 1.82) is 10.5 Å². The maximum Gasteiger partial charge on any atom is 0.416 e. The van der Waals surface area contributed by atoms with Gasteiger partial charge in [0.1, 0.15) is 5.92 Å². The number of hydrogen-bond acceptors (Lipinski definition) is 6. The molecule has 0 aromatic heterocycles. The van der Waals surface area contributed by atoms with Crippen LogP contribution >= 0.6 is 0 Å².